The molecule has 0 spiro atoms. The predicted octanol–water partition coefficient (Wildman–Crippen LogP) is 0.483. The van der Waals surface area contributed by atoms with Crippen LogP contribution in [0.4, 0.5) is 5.82 Å². The third kappa shape index (κ3) is 3.42. The molecular formula is C17H23N3O5S. The maximum Gasteiger partial charge on any atom is 0.249 e. The van der Waals surface area contributed by atoms with Gasteiger partial charge in [0.25, 0.3) is 0 Å². The third-order valence-corrected chi connectivity index (χ3v) is 5.53. The number of aryl methyl sites for hydroxylation is 1. The highest BCUT2D eigenvalue weighted by atomic mass is 32.2. The molecule has 1 saturated carbocycles. The summed E-state index contributed by atoms with van der Waals surface area (Å²) in [6.07, 6.45) is 6.65. The number of nitrogens with one attached hydrogen (secondary N) is 1. The quantitative estimate of drug-likeness (QED) is 0.572. The van der Waals surface area contributed by atoms with E-state index in [1.807, 2.05) is 13.8 Å². The van der Waals surface area contributed by atoms with Crippen molar-refractivity contribution in [2.75, 3.05) is 18.2 Å². The molecule has 2 N–H and O–H groups in total. The van der Waals surface area contributed by atoms with E-state index in [9.17, 15) is 13.5 Å². The van der Waals surface area contributed by atoms with Gasteiger partial charge in [-0.3, -0.25) is 0 Å². The highest BCUT2D eigenvalue weighted by molar-refractivity contribution is 7.90. The summed E-state index contributed by atoms with van der Waals surface area (Å²) < 4.78 is 35.6. The second-order valence-electron chi connectivity index (χ2n) is 7.23. The minimum atomic E-state index is -3.58. The summed E-state index contributed by atoms with van der Waals surface area (Å²) in [7, 11) is -3.58. The van der Waals surface area contributed by atoms with Gasteiger partial charge in [-0.2, -0.15) is 4.98 Å². The van der Waals surface area contributed by atoms with Crippen LogP contribution < -0.4 is 5.32 Å². The van der Waals surface area contributed by atoms with Gasteiger partial charge in [0, 0.05) is 18.8 Å². The topological polar surface area (TPSA) is 111 Å². The van der Waals surface area contributed by atoms with Crippen molar-refractivity contribution >= 4 is 15.7 Å². The van der Waals surface area contributed by atoms with Gasteiger partial charge in [-0.25, -0.2) is 13.4 Å². The van der Waals surface area contributed by atoms with Gasteiger partial charge in [-0.05, 0) is 27.2 Å². The number of rotatable bonds is 4. The van der Waals surface area contributed by atoms with Crippen molar-refractivity contribution < 1.29 is 23.0 Å². The Hall–Kier alpha value is -1.73. The Morgan fingerprint density at radius 3 is 2.58 bits per heavy atom. The van der Waals surface area contributed by atoms with Crippen molar-refractivity contribution in [1.29, 1.82) is 0 Å². The van der Waals surface area contributed by atoms with E-state index < -0.39 is 15.6 Å². The number of terminal acetylenes is 1. The van der Waals surface area contributed by atoms with Crippen molar-refractivity contribution in [2.24, 2.45) is 5.92 Å². The Bertz CT molecular complexity index is 862. The number of hydrogen-bond acceptors (Lipinski definition) is 8. The summed E-state index contributed by atoms with van der Waals surface area (Å²) in [5.74, 6) is 1.94. The van der Waals surface area contributed by atoms with E-state index in [-0.39, 0.29) is 41.7 Å². The lowest BCUT2D eigenvalue weighted by Crippen LogP contribution is -2.35. The number of nitrogens with zero attached hydrogens (tertiary/aromatic N) is 2. The van der Waals surface area contributed by atoms with Crippen LogP contribution in [0.25, 0.3) is 0 Å². The van der Waals surface area contributed by atoms with Gasteiger partial charge in [0.05, 0.1) is 23.4 Å². The molecule has 0 amide bonds. The van der Waals surface area contributed by atoms with Gasteiger partial charge in [0.2, 0.25) is 15.0 Å². The van der Waals surface area contributed by atoms with Gasteiger partial charge in [0.1, 0.15) is 11.9 Å². The normalized spacial score (nSPS) is 30.0. The summed E-state index contributed by atoms with van der Waals surface area (Å²) in [6, 6.07) is -0.229. The molecule has 2 fully saturated rings. The first-order valence-corrected chi connectivity index (χ1v) is 10.2. The van der Waals surface area contributed by atoms with E-state index in [0.29, 0.717) is 17.7 Å². The lowest BCUT2D eigenvalue weighted by Gasteiger charge is -2.24. The van der Waals surface area contributed by atoms with Crippen LogP contribution in [0.5, 0.6) is 0 Å². The van der Waals surface area contributed by atoms with E-state index in [1.54, 1.807) is 6.92 Å². The third-order valence-electron chi connectivity index (χ3n) is 4.68. The molecule has 4 atom stereocenters. The number of fused-ring (bicyclic) bond motifs is 1. The molecule has 0 aromatic carbocycles. The summed E-state index contributed by atoms with van der Waals surface area (Å²) in [5.41, 5.74) is 0.808. The zero-order valence-corrected chi connectivity index (χ0v) is 16.0. The zero-order chi connectivity index (χ0) is 19.3. The van der Waals surface area contributed by atoms with Gasteiger partial charge in [-0.15, -0.1) is 6.42 Å². The Morgan fingerprint density at radius 1 is 1.35 bits per heavy atom. The molecule has 9 heteroatoms. The van der Waals surface area contributed by atoms with Gasteiger partial charge in [-0.1, -0.05) is 5.92 Å². The van der Waals surface area contributed by atoms with Crippen LogP contribution in [-0.2, 0) is 19.3 Å². The molecule has 1 saturated heterocycles. The fraction of sp³-hybridized carbons (Fsp3) is 0.647. The molecule has 1 aliphatic heterocycles. The van der Waals surface area contributed by atoms with Crippen molar-refractivity contribution in [3.8, 4) is 12.3 Å². The molecule has 2 aliphatic rings. The Kier molecular flexibility index (Phi) is 4.73. The Balaban J connectivity index is 1.96. The highest BCUT2D eigenvalue weighted by Gasteiger charge is 2.53. The minimum absolute atomic E-state index is 0.0296. The number of hydrogen-bond donors (Lipinski definition) is 2. The number of aliphatic hydroxyl groups excluding tert-OH is 1. The molecule has 142 valence electrons. The van der Waals surface area contributed by atoms with Crippen molar-refractivity contribution in [3.05, 3.63) is 11.3 Å². The number of aromatic nitrogens is 2. The molecule has 3 rings (SSSR count). The van der Waals surface area contributed by atoms with Gasteiger partial charge < -0.3 is 19.9 Å². The molecule has 0 radical (unpaired) electrons. The summed E-state index contributed by atoms with van der Waals surface area (Å²) in [6.45, 7) is 5.25. The second kappa shape index (κ2) is 6.46. The molecular weight excluding hydrogens is 358 g/mol. The Morgan fingerprint density at radius 2 is 2.00 bits per heavy atom. The molecule has 0 unspecified atom stereocenters. The average Bonchev–Trinajstić information content (AvgIpc) is 3.00. The van der Waals surface area contributed by atoms with Crippen LogP contribution >= 0.6 is 0 Å². The molecule has 0 bridgehead atoms. The first kappa shape index (κ1) is 19.0. The smallest absolute Gasteiger partial charge is 0.249 e. The fourth-order valence-corrected chi connectivity index (χ4v) is 4.13. The van der Waals surface area contributed by atoms with E-state index >= 15 is 0 Å². The van der Waals surface area contributed by atoms with Crippen LogP contribution in [0.2, 0.25) is 0 Å². The fourth-order valence-electron chi connectivity index (χ4n) is 3.57. The monoisotopic (exact) mass is 381 g/mol. The summed E-state index contributed by atoms with van der Waals surface area (Å²) >= 11 is 0. The van der Waals surface area contributed by atoms with Crippen molar-refractivity contribution in [3.63, 3.8) is 0 Å². The highest BCUT2D eigenvalue weighted by Crippen LogP contribution is 2.42. The number of sulfone groups is 1. The first-order valence-electron chi connectivity index (χ1n) is 8.34. The maximum atomic E-state index is 11.9. The molecule has 26 heavy (non-hydrogen) atoms. The average molecular weight is 381 g/mol. The minimum Gasteiger partial charge on any atom is -0.396 e. The van der Waals surface area contributed by atoms with Gasteiger partial charge in [0.15, 0.2) is 5.79 Å². The van der Waals surface area contributed by atoms with E-state index in [1.165, 1.54) is 0 Å². The van der Waals surface area contributed by atoms with Crippen molar-refractivity contribution in [2.45, 2.75) is 56.4 Å². The van der Waals surface area contributed by atoms with Crippen LogP contribution in [0.1, 0.15) is 31.5 Å². The van der Waals surface area contributed by atoms with Crippen molar-refractivity contribution in [1.82, 2.24) is 9.97 Å². The lowest BCUT2D eigenvalue weighted by molar-refractivity contribution is -0.158. The Labute approximate surface area is 153 Å². The number of ether oxygens (including phenoxy) is 2. The van der Waals surface area contributed by atoms with Crippen LogP contribution in [0.3, 0.4) is 0 Å². The molecule has 1 aromatic heterocycles. The van der Waals surface area contributed by atoms with E-state index in [4.69, 9.17) is 15.9 Å². The molecule has 8 nitrogen and oxygen atoms in total. The van der Waals surface area contributed by atoms with Crippen LogP contribution in [-0.4, -0.2) is 60.4 Å². The van der Waals surface area contributed by atoms with Gasteiger partial charge >= 0.3 is 0 Å². The molecule has 1 aromatic rings. The second-order valence-corrected chi connectivity index (χ2v) is 9.14. The zero-order valence-electron chi connectivity index (χ0n) is 15.2. The lowest BCUT2D eigenvalue weighted by atomic mass is 10.1. The predicted molar refractivity (Wildman–Crippen MR) is 94.2 cm³/mol. The SMILES string of the molecule is C#Cc1c(C)nc(S(C)(=O)=O)nc1N[C@@H]1C[C@H](CO)[C@H]2OC(C)(C)O[C@H]21. The standard InChI is InChI=1S/C17H23N3O5S/c1-6-11-9(2)18-16(26(5,22)23)20-15(11)19-12-7-10(8-21)13-14(12)25-17(3,4)24-13/h1,10,12-14,21H,7-8H2,2-5H3,(H,18,19,20)/t10-,12-,13-,14+/m1/s1. The van der Waals surface area contributed by atoms with Crippen LogP contribution in [0, 0.1) is 25.2 Å². The van der Waals surface area contributed by atoms with E-state index in [2.05, 4.69) is 21.2 Å². The number of aliphatic hydroxyl groups is 1. The summed E-state index contributed by atoms with van der Waals surface area (Å²) in [5, 5.41) is 12.6. The summed E-state index contributed by atoms with van der Waals surface area (Å²) in [4.78, 5) is 8.12. The molecule has 2 heterocycles. The largest absolute Gasteiger partial charge is 0.396 e. The van der Waals surface area contributed by atoms with E-state index in [0.717, 1.165) is 6.26 Å². The number of anilines is 1. The van der Waals surface area contributed by atoms with Crippen LogP contribution in [0.15, 0.2) is 5.16 Å². The first-order chi connectivity index (χ1) is 12.1. The molecule has 1 aliphatic carbocycles. The maximum absolute atomic E-state index is 11.9.